The first kappa shape index (κ1) is 24.0. The van der Waals surface area contributed by atoms with E-state index in [1.54, 1.807) is 25.1 Å². The highest BCUT2D eigenvalue weighted by atomic mass is 32.2. The summed E-state index contributed by atoms with van der Waals surface area (Å²) in [7, 11) is 3.26. The summed E-state index contributed by atoms with van der Waals surface area (Å²) in [5.74, 6) is 2.90. The number of hydrogen-bond acceptors (Lipinski definition) is 7. The van der Waals surface area contributed by atoms with E-state index in [0.29, 0.717) is 22.4 Å². The summed E-state index contributed by atoms with van der Waals surface area (Å²) in [4.78, 5) is 12.7. The number of rotatable bonds is 9. The average molecular weight is 479 g/mol. The number of carbonyl (C=O) groups excluding carboxylic acids is 1. The van der Waals surface area contributed by atoms with Crippen LogP contribution in [0, 0.1) is 6.92 Å². The summed E-state index contributed by atoms with van der Waals surface area (Å²) in [5, 5.41) is 14.3. The second kappa shape index (κ2) is 11.3. The van der Waals surface area contributed by atoms with E-state index in [0.717, 1.165) is 35.5 Å². The molecule has 4 rings (SSSR count). The first-order valence-corrected chi connectivity index (χ1v) is 12.5. The molecule has 178 valence electrons. The average Bonchev–Trinajstić information content (AvgIpc) is 3.29. The SMILES string of the molecule is COc1ccc(OC)c(/C=N\n2c(SCC(=O)c3ccc(C)cc3)nnc2C2CCCCC2)c1. The zero-order chi connectivity index (χ0) is 23.9. The van der Waals surface area contributed by atoms with Crippen molar-refractivity contribution in [2.45, 2.75) is 50.1 Å². The van der Waals surface area contributed by atoms with Crippen LogP contribution in [0.5, 0.6) is 11.5 Å². The Morgan fingerprint density at radius 2 is 1.85 bits per heavy atom. The molecule has 1 saturated carbocycles. The number of nitrogens with zero attached hydrogens (tertiary/aromatic N) is 4. The second-order valence-electron chi connectivity index (χ2n) is 8.42. The lowest BCUT2D eigenvalue weighted by Gasteiger charge is -2.20. The first-order chi connectivity index (χ1) is 16.6. The number of aryl methyl sites for hydroxylation is 1. The summed E-state index contributed by atoms with van der Waals surface area (Å²) in [6, 6.07) is 13.2. The van der Waals surface area contributed by atoms with Gasteiger partial charge in [0.05, 0.1) is 26.2 Å². The van der Waals surface area contributed by atoms with Crippen LogP contribution in [0.25, 0.3) is 0 Å². The largest absolute Gasteiger partial charge is 0.497 e. The lowest BCUT2D eigenvalue weighted by atomic mass is 9.89. The Hall–Kier alpha value is -3.13. The van der Waals surface area contributed by atoms with E-state index in [9.17, 15) is 4.79 Å². The fraction of sp³-hybridized carbons (Fsp3) is 0.385. The highest BCUT2D eigenvalue weighted by molar-refractivity contribution is 7.99. The van der Waals surface area contributed by atoms with Crippen LogP contribution in [0.2, 0.25) is 0 Å². The van der Waals surface area contributed by atoms with Crippen molar-refractivity contribution in [1.29, 1.82) is 0 Å². The molecule has 7 nitrogen and oxygen atoms in total. The number of methoxy groups -OCH3 is 2. The fourth-order valence-corrected chi connectivity index (χ4v) is 4.89. The molecule has 34 heavy (non-hydrogen) atoms. The Bertz CT molecular complexity index is 1150. The molecule has 0 spiro atoms. The normalized spacial score (nSPS) is 14.4. The van der Waals surface area contributed by atoms with E-state index >= 15 is 0 Å². The Morgan fingerprint density at radius 3 is 2.56 bits per heavy atom. The van der Waals surface area contributed by atoms with Gasteiger partial charge in [-0.25, -0.2) is 0 Å². The molecule has 0 bridgehead atoms. The number of Topliss-reactive ketones (excluding diaryl/α,β-unsaturated/α-hetero) is 1. The molecular weight excluding hydrogens is 448 g/mol. The maximum Gasteiger partial charge on any atom is 0.212 e. The van der Waals surface area contributed by atoms with Gasteiger partial charge in [0.2, 0.25) is 5.16 Å². The monoisotopic (exact) mass is 478 g/mol. The predicted octanol–water partition coefficient (Wildman–Crippen LogP) is 5.51. The molecule has 0 radical (unpaired) electrons. The van der Waals surface area contributed by atoms with E-state index in [4.69, 9.17) is 14.6 Å². The van der Waals surface area contributed by atoms with E-state index in [1.165, 1.54) is 31.0 Å². The van der Waals surface area contributed by atoms with Gasteiger partial charge < -0.3 is 9.47 Å². The van der Waals surface area contributed by atoms with Crippen molar-refractivity contribution in [3.8, 4) is 11.5 Å². The van der Waals surface area contributed by atoms with Crippen LogP contribution < -0.4 is 9.47 Å². The van der Waals surface area contributed by atoms with Gasteiger partial charge in [0, 0.05) is 17.0 Å². The summed E-state index contributed by atoms with van der Waals surface area (Å²) in [5.41, 5.74) is 2.61. The molecule has 1 aliphatic rings. The summed E-state index contributed by atoms with van der Waals surface area (Å²) < 4.78 is 12.6. The van der Waals surface area contributed by atoms with Gasteiger partial charge in [-0.2, -0.15) is 9.78 Å². The van der Waals surface area contributed by atoms with Gasteiger partial charge in [-0.3, -0.25) is 4.79 Å². The van der Waals surface area contributed by atoms with Crippen LogP contribution >= 0.6 is 11.8 Å². The standard InChI is InChI=1S/C26H30N4O3S/c1-18-9-11-19(12-10-18)23(31)17-34-26-29-28-25(20-7-5-4-6-8-20)30(26)27-16-21-15-22(32-2)13-14-24(21)33-3/h9-16,20H,4-8,17H2,1-3H3/b27-16-. The number of ketones is 1. The molecule has 1 heterocycles. The van der Waals surface area contributed by atoms with Crippen LogP contribution in [-0.4, -0.2) is 46.8 Å². The van der Waals surface area contributed by atoms with Crippen molar-refractivity contribution >= 4 is 23.8 Å². The Morgan fingerprint density at radius 1 is 1.09 bits per heavy atom. The van der Waals surface area contributed by atoms with Crippen molar-refractivity contribution in [2.24, 2.45) is 5.10 Å². The van der Waals surface area contributed by atoms with Crippen molar-refractivity contribution in [3.05, 3.63) is 65.0 Å². The topological polar surface area (TPSA) is 78.6 Å². The fourth-order valence-electron chi connectivity index (χ4n) is 4.10. The van der Waals surface area contributed by atoms with Gasteiger partial charge in [0.25, 0.3) is 0 Å². The molecule has 0 saturated heterocycles. The molecular formula is C26H30N4O3S. The molecule has 0 aliphatic heterocycles. The zero-order valence-electron chi connectivity index (χ0n) is 19.9. The van der Waals surface area contributed by atoms with Gasteiger partial charge in [0.15, 0.2) is 11.6 Å². The number of aromatic nitrogens is 3. The minimum absolute atomic E-state index is 0.0530. The van der Waals surface area contributed by atoms with Crippen LogP contribution in [0.4, 0.5) is 0 Å². The Kier molecular flexibility index (Phi) is 8.00. The number of ether oxygens (including phenoxy) is 2. The lowest BCUT2D eigenvalue weighted by molar-refractivity contribution is 0.102. The van der Waals surface area contributed by atoms with Gasteiger partial charge in [-0.1, -0.05) is 60.9 Å². The molecule has 0 amide bonds. The van der Waals surface area contributed by atoms with Crippen molar-refractivity contribution < 1.29 is 14.3 Å². The minimum atomic E-state index is 0.0530. The van der Waals surface area contributed by atoms with E-state index in [1.807, 2.05) is 49.4 Å². The lowest BCUT2D eigenvalue weighted by Crippen LogP contribution is -2.11. The molecule has 2 aromatic carbocycles. The molecule has 0 N–H and O–H groups in total. The number of carbonyl (C=O) groups is 1. The second-order valence-corrected chi connectivity index (χ2v) is 9.36. The van der Waals surface area contributed by atoms with Crippen molar-refractivity contribution in [3.63, 3.8) is 0 Å². The third-order valence-corrected chi connectivity index (χ3v) is 6.98. The van der Waals surface area contributed by atoms with Crippen LogP contribution in [0.3, 0.4) is 0 Å². The molecule has 1 aliphatic carbocycles. The third kappa shape index (κ3) is 5.67. The summed E-state index contributed by atoms with van der Waals surface area (Å²) >= 11 is 1.36. The van der Waals surface area contributed by atoms with Crippen molar-refractivity contribution in [2.75, 3.05) is 20.0 Å². The predicted molar refractivity (Wildman–Crippen MR) is 135 cm³/mol. The molecule has 0 unspecified atom stereocenters. The van der Waals surface area contributed by atoms with E-state index in [-0.39, 0.29) is 11.5 Å². The van der Waals surface area contributed by atoms with Crippen LogP contribution in [0.1, 0.15) is 65.3 Å². The number of hydrogen-bond donors (Lipinski definition) is 0. The van der Waals surface area contributed by atoms with Gasteiger partial charge >= 0.3 is 0 Å². The Balaban J connectivity index is 1.61. The highest BCUT2D eigenvalue weighted by Crippen LogP contribution is 2.33. The smallest absolute Gasteiger partial charge is 0.212 e. The maximum atomic E-state index is 12.7. The molecule has 8 heteroatoms. The van der Waals surface area contributed by atoms with E-state index < -0.39 is 0 Å². The van der Waals surface area contributed by atoms with E-state index in [2.05, 4.69) is 10.2 Å². The molecule has 1 aromatic heterocycles. The van der Waals surface area contributed by atoms with Crippen LogP contribution in [-0.2, 0) is 0 Å². The van der Waals surface area contributed by atoms with Gasteiger partial charge in [-0.05, 0) is 38.0 Å². The Labute approximate surface area is 204 Å². The first-order valence-electron chi connectivity index (χ1n) is 11.5. The van der Waals surface area contributed by atoms with Gasteiger partial charge in [0.1, 0.15) is 11.5 Å². The maximum absolute atomic E-state index is 12.7. The summed E-state index contributed by atoms with van der Waals surface area (Å²) in [6.07, 6.45) is 7.50. The quantitative estimate of drug-likeness (QED) is 0.229. The number of benzene rings is 2. The van der Waals surface area contributed by atoms with Gasteiger partial charge in [-0.15, -0.1) is 10.2 Å². The van der Waals surface area contributed by atoms with Crippen molar-refractivity contribution in [1.82, 2.24) is 14.9 Å². The molecule has 0 atom stereocenters. The highest BCUT2D eigenvalue weighted by Gasteiger charge is 2.24. The molecule has 3 aromatic rings. The summed E-state index contributed by atoms with van der Waals surface area (Å²) in [6.45, 7) is 2.01. The minimum Gasteiger partial charge on any atom is -0.497 e. The zero-order valence-corrected chi connectivity index (χ0v) is 20.7. The number of thioether (sulfide) groups is 1. The third-order valence-electron chi connectivity index (χ3n) is 6.06. The molecule has 1 fully saturated rings. The van der Waals surface area contributed by atoms with Crippen LogP contribution in [0.15, 0.2) is 52.7 Å².